The van der Waals surface area contributed by atoms with Gasteiger partial charge in [0.1, 0.15) is 0 Å². The average molecular weight is 196 g/mol. The molecule has 0 bridgehead atoms. The number of aromatic nitrogens is 1. The van der Waals surface area contributed by atoms with Crippen LogP contribution in [0.4, 0.5) is 0 Å². The zero-order chi connectivity index (χ0) is 9.90. The third kappa shape index (κ3) is 3.70. The van der Waals surface area contributed by atoms with Gasteiger partial charge >= 0.3 is 0 Å². The quantitative estimate of drug-likeness (QED) is 0.534. The molecule has 3 heteroatoms. The Kier molecular flexibility index (Phi) is 3.22. The monoisotopic (exact) mass is 196 g/mol. The smallest absolute Gasteiger partial charge is 0.250 e. The van der Waals surface area contributed by atoms with E-state index in [4.69, 9.17) is 4.43 Å². The maximum absolute atomic E-state index is 5.93. The van der Waals surface area contributed by atoms with Crippen LogP contribution < -0.4 is 4.57 Å². The predicted molar refractivity (Wildman–Crippen MR) is 55.8 cm³/mol. The van der Waals surface area contributed by atoms with Crippen molar-refractivity contribution in [2.45, 2.75) is 32.8 Å². The van der Waals surface area contributed by atoms with E-state index in [1.54, 1.807) is 0 Å². The van der Waals surface area contributed by atoms with Gasteiger partial charge in [0, 0.05) is 19.1 Å². The Bertz CT molecular complexity index is 255. The van der Waals surface area contributed by atoms with Crippen LogP contribution in [0.15, 0.2) is 30.6 Å². The Balaban J connectivity index is 2.64. The SMILES string of the molecule is CC(O[Si](C)(C)C)[n+]1ccccc1. The van der Waals surface area contributed by atoms with Crippen LogP contribution in [-0.4, -0.2) is 8.32 Å². The van der Waals surface area contributed by atoms with Gasteiger partial charge in [0.2, 0.25) is 0 Å². The molecule has 1 rings (SSSR count). The zero-order valence-electron chi connectivity index (χ0n) is 8.82. The fourth-order valence-electron chi connectivity index (χ4n) is 1.23. The number of nitrogens with zero attached hydrogens (tertiary/aromatic N) is 1. The Hall–Kier alpha value is -0.673. The lowest BCUT2D eigenvalue weighted by atomic mass is 10.5. The van der Waals surface area contributed by atoms with Crippen molar-refractivity contribution in [2.24, 2.45) is 0 Å². The summed E-state index contributed by atoms with van der Waals surface area (Å²) < 4.78 is 8.01. The molecule has 0 saturated carbocycles. The van der Waals surface area contributed by atoms with Crippen LogP contribution in [0.3, 0.4) is 0 Å². The Morgan fingerprint density at radius 3 is 2.08 bits per heavy atom. The highest BCUT2D eigenvalue weighted by atomic mass is 28.4. The summed E-state index contributed by atoms with van der Waals surface area (Å²) in [6.45, 7) is 8.69. The van der Waals surface area contributed by atoms with E-state index in [1.807, 2.05) is 30.6 Å². The number of pyridine rings is 1. The molecule has 1 atom stereocenters. The van der Waals surface area contributed by atoms with Gasteiger partial charge in [-0.25, -0.2) is 0 Å². The normalized spacial score (nSPS) is 14.2. The molecule has 72 valence electrons. The van der Waals surface area contributed by atoms with Crippen LogP contribution in [0, 0.1) is 0 Å². The van der Waals surface area contributed by atoms with Gasteiger partial charge in [-0.3, -0.25) is 0 Å². The average Bonchev–Trinajstić information content (AvgIpc) is 2.03. The number of rotatable bonds is 3. The van der Waals surface area contributed by atoms with Crippen molar-refractivity contribution >= 4 is 8.32 Å². The van der Waals surface area contributed by atoms with Crippen molar-refractivity contribution in [3.63, 3.8) is 0 Å². The molecule has 0 radical (unpaired) electrons. The van der Waals surface area contributed by atoms with E-state index in [2.05, 4.69) is 31.1 Å². The second-order valence-electron chi connectivity index (χ2n) is 4.15. The maximum atomic E-state index is 5.93. The van der Waals surface area contributed by atoms with Crippen molar-refractivity contribution < 1.29 is 8.99 Å². The molecule has 1 aromatic heterocycles. The molecular weight excluding hydrogens is 178 g/mol. The summed E-state index contributed by atoms with van der Waals surface area (Å²) in [7, 11) is -1.42. The minimum absolute atomic E-state index is 0.146. The Morgan fingerprint density at radius 1 is 1.08 bits per heavy atom. The zero-order valence-corrected chi connectivity index (χ0v) is 9.82. The van der Waals surface area contributed by atoms with E-state index in [1.165, 1.54) is 0 Å². The molecule has 0 amide bonds. The standard InChI is InChI=1S/C10H18NOSi/c1-10(12-13(2,3)4)11-8-6-5-7-9-11/h5-10H,1-4H3/q+1. The van der Waals surface area contributed by atoms with Crippen LogP contribution >= 0.6 is 0 Å². The minimum atomic E-state index is -1.42. The summed E-state index contributed by atoms with van der Waals surface area (Å²) in [6.07, 6.45) is 4.21. The second kappa shape index (κ2) is 4.02. The van der Waals surface area contributed by atoms with Gasteiger partial charge in [-0.2, -0.15) is 4.57 Å². The molecule has 0 aromatic carbocycles. The molecule has 0 aliphatic heterocycles. The highest BCUT2D eigenvalue weighted by Gasteiger charge is 2.22. The third-order valence-corrected chi connectivity index (χ3v) is 2.73. The number of hydrogen-bond donors (Lipinski definition) is 0. The molecule has 2 nitrogen and oxygen atoms in total. The van der Waals surface area contributed by atoms with Crippen molar-refractivity contribution in [3.8, 4) is 0 Å². The van der Waals surface area contributed by atoms with Gasteiger partial charge in [0.25, 0.3) is 6.23 Å². The molecule has 0 spiro atoms. The van der Waals surface area contributed by atoms with Crippen molar-refractivity contribution in [1.29, 1.82) is 0 Å². The highest BCUT2D eigenvalue weighted by Crippen LogP contribution is 2.09. The highest BCUT2D eigenvalue weighted by molar-refractivity contribution is 6.69. The van der Waals surface area contributed by atoms with Gasteiger partial charge in [0.15, 0.2) is 20.7 Å². The summed E-state index contributed by atoms with van der Waals surface area (Å²) >= 11 is 0. The summed E-state index contributed by atoms with van der Waals surface area (Å²) in [5, 5.41) is 0. The Labute approximate surface area is 81.3 Å². The first-order valence-electron chi connectivity index (χ1n) is 4.63. The largest absolute Gasteiger partial charge is 0.364 e. The molecule has 1 heterocycles. The topological polar surface area (TPSA) is 13.1 Å². The van der Waals surface area contributed by atoms with Crippen molar-refractivity contribution in [2.75, 3.05) is 0 Å². The van der Waals surface area contributed by atoms with E-state index in [0.717, 1.165) is 0 Å². The van der Waals surface area contributed by atoms with Gasteiger partial charge < -0.3 is 4.43 Å². The minimum Gasteiger partial charge on any atom is -0.364 e. The summed E-state index contributed by atoms with van der Waals surface area (Å²) in [5.41, 5.74) is 0. The molecule has 0 aliphatic rings. The van der Waals surface area contributed by atoms with Crippen LogP contribution in [-0.2, 0) is 4.43 Å². The van der Waals surface area contributed by atoms with E-state index < -0.39 is 8.32 Å². The predicted octanol–water partition coefficient (Wildman–Crippen LogP) is 2.34. The maximum Gasteiger partial charge on any atom is 0.250 e. The Morgan fingerprint density at radius 2 is 1.62 bits per heavy atom. The van der Waals surface area contributed by atoms with E-state index in [0.29, 0.717) is 0 Å². The summed E-state index contributed by atoms with van der Waals surface area (Å²) in [6, 6.07) is 6.05. The van der Waals surface area contributed by atoms with Crippen LogP contribution in [0.2, 0.25) is 19.6 Å². The van der Waals surface area contributed by atoms with Crippen LogP contribution in [0.5, 0.6) is 0 Å². The number of hydrogen-bond acceptors (Lipinski definition) is 1. The molecular formula is C10H18NOSi+. The third-order valence-electron chi connectivity index (χ3n) is 1.68. The first kappa shape index (κ1) is 10.4. The fourth-order valence-corrected chi connectivity index (χ4v) is 2.37. The van der Waals surface area contributed by atoms with Gasteiger partial charge in [-0.15, -0.1) is 0 Å². The molecule has 1 unspecified atom stereocenters. The first-order chi connectivity index (χ1) is 5.99. The van der Waals surface area contributed by atoms with Gasteiger partial charge in [-0.1, -0.05) is 6.07 Å². The molecule has 0 aliphatic carbocycles. The van der Waals surface area contributed by atoms with Crippen LogP contribution in [0.1, 0.15) is 13.2 Å². The lowest BCUT2D eigenvalue weighted by Crippen LogP contribution is -2.43. The van der Waals surface area contributed by atoms with Crippen molar-refractivity contribution in [3.05, 3.63) is 30.6 Å². The van der Waals surface area contributed by atoms with E-state index in [-0.39, 0.29) is 6.23 Å². The van der Waals surface area contributed by atoms with E-state index >= 15 is 0 Å². The summed E-state index contributed by atoms with van der Waals surface area (Å²) in [5.74, 6) is 0. The van der Waals surface area contributed by atoms with E-state index in [9.17, 15) is 0 Å². The first-order valence-corrected chi connectivity index (χ1v) is 8.03. The molecule has 0 fully saturated rings. The van der Waals surface area contributed by atoms with Crippen molar-refractivity contribution in [1.82, 2.24) is 0 Å². The molecule has 1 aromatic rings. The fraction of sp³-hybridized carbons (Fsp3) is 0.500. The lowest BCUT2D eigenvalue weighted by molar-refractivity contribution is -0.751. The summed E-state index contributed by atoms with van der Waals surface area (Å²) in [4.78, 5) is 0. The molecule has 0 saturated heterocycles. The lowest BCUT2D eigenvalue weighted by Gasteiger charge is -2.19. The van der Waals surface area contributed by atoms with Gasteiger partial charge in [0.05, 0.1) is 0 Å². The molecule has 13 heavy (non-hydrogen) atoms. The van der Waals surface area contributed by atoms with Gasteiger partial charge in [-0.05, 0) is 19.6 Å². The second-order valence-corrected chi connectivity index (χ2v) is 8.61. The van der Waals surface area contributed by atoms with Crippen LogP contribution in [0.25, 0.3) is 0 Å². The molecule has 0 N–H and O–H groups in total.